The van der Waals surface area contributed by atoms with Gasteiger partial charge in [-0.15, -0.1) is 11.8 Å². The maximum absolute atomic E-state index is 12.4. The second-order valence-electron chi connectivity index (χ2n) is 6.23. The first-order chi connectivity index (χ1) is 12.1. The van der Waals surface area contributed by atoms with E-state index in [4.69, 9.17) is 11.6 Å². The molecular formula is C18H23ClN4OS. The smallest absolute Gasteiger partial charge is 0.234 e. The minimum Gasteiger partial charge on any atom is -0.353 e. The predicted octanol–water partition coefficient (Wildman–Crippen LogP) is 3.85. The highest BCUT2D eigenvalue weighted by Gasteiger charge is 2.22. The van der Waals surface area contributed by atoms with E-state index >= 15 is 0 Å². The Balaban J connectivity index is 1.60. The van der Waals surface area contributed by atoms with Crippen LogP contribution in [0.15, 0.2) is 24.3 Å². The fourth-order valence-electron chi connectivity index (χ4n) is 2.93. The average molecular weight is 379 g/mol. The lowest BCUT2D eigenvalue weighted by Crippen LogP contribution is -2.22. The van der Waals surface area contributed by atoms with Crippen LogP contribution in [0.25, 0.3) is 0 Å². The van der Waals surface area contributed by atoms with Crippen molar-refractivity contribution in [3.63, 3.8) is 0 Å². The van der Waals surface area contributed by atoms with Crippen molar-refractivity contribution >= 4 is 40.8 Å². The number of thioether (sulfide) groups is 1. The molecule has 0 saturated carbocycles. The van der Waals surface area contributed by atoms with Crippen molar-refractivity contribution in [1.29, 1.82) is 0 Å². The van der Waals surface area contributed by atoms with Crippen molar-refractivity contribution in [3.05, 3.63) is 40.5 Å². The summed E-state index contributed by atoms with van der Waals surface area (Å²) in [4.78, 5) is 14.6. The normalized spacial score (nSPS) is 14.1. The number of aryl methyl sites for hydroxylation is 1. The molecule has 2 heterocycles. The van der Waals surface area contributed by atoms with Crippen molar-refractivity contribution in [1.82, 2.24) is 9.78 Å². The molecule has 0 aliphatic carbocycles. The maximum atomic E-state index is 12.4. The summed E-state index contributed by atoms with van der Waals surface area (Å²) in [6.45, 7) is 3.99. The molecule has 1 fully saturated rings. The Bertz CT molecular complexity index is 756. The number of hydrogen-bond acceptors (Lipinski definition) is 4. The molecule has 25 heavy (non-hydrogen) atoms. The topological polar surface area (TPSA) is 50.2 Å². The third kappa shape index (κ3) is 4.30. The Kier molecular flexibility index (Phi) is 5.91. The molecule has 134 valence electrons. The van der Waals surface area contributed by atoms with Gasteiger partial charge in [0.2, 0.25) is 5.91 Å². The van der Waals surface area contributed by atoms with Crippen LogP contribution in [0.5, 0.6) is 0 Å². The quantitative estimate of drug-likeness (QED) is 0.829. The van der Waals surface area contributed by atoms with E-state index in [9.17, 15) is 4.79 Å². The summed E-state index contributed by atoms with van der Waals surface area (Å²) in [6, 6.07) is 7.74. The number of halogens is 1. The second-order valence-corrected chi connectivity index (χ2v) is 7.63. The molecule has 1 N–H and O–H groups in total. The Morgan fingerprint density at radius 3 is 2.76 bits per heavy atom. The molecule has 0 atom stereocenters. The summed E-state index contributed by atoms with van der Waals surface area (Å²) in [5.74, 6) is 1.99. The summed E-state index contributed by atoms with van der Waals surface area (Å²) < 4.78 is 1.83. The lowest BCUT2D eigenvalue weighted by molar-refractivity contribution is -0.113. The first-order valence-corrected chi connectivity index (χ1v) is 9.99. The third-order valence-electron chi connectivity index (χ3n) is 4.43. The minimum atomic E-state index is -0.00593. The SMILES string of the molecule is Cc1c(NC(=O)CSCc2ccccc2Cl)c(N2CCCC2)nn1C. The summed E-state index contributed by atoms with van der Waals surface area (Å²) in [7, 11) is 1.91. The first kappa shape index (κ1) is 18.1. The molecule has 0 radical (unpaired) electrons. The standard InChI is InChI=1S/C18H23ClN4OS/c1-13-17(18(21-22(13)2)23-9-5-6-10-23)20-16(24)12-25-11-14-7-3-4-8-15(14)19/h3-4,7-8H,5-6,9-12H2,1-2H3,(H,20,24). The minimum absolute atomic E-state index is 0.00593. The summed E-state index contributed by atoms with van der Waals surface area (Å²) in [6.07, 6.45) is 2.35. The van der Waals surface area contributed by atoms with Crippen LogP contribution in [0.3, 0.4) is 0 Å². The van der Waals surface area contributed by atoms with Gasteiger partial charge in [0.15, 0.2) is 5.82 Å². The van der Waals surface area contributed by atoms with Gasteiger partial charge >= 0.3 is 0 Å². The number of benzene rings is 1. The van der Waals surface area contributed by atoms with Crippen LogP contribution >= 0.6 is 23.4 Å². The molecule has 2 aromatic rings. The largest absolute Gasteiger partial charge is 0.353 e. The molecule has 1 aromatic heterocycles. The van der Waals surface area contributed by atoms with Crippen LogP contribution in [0.4, 0.5) is 11.5 Å². The van der Waals surface area contributed by atoms with Crippen molar-refractivity contribution in [2.45, 2.75) is 25.5 Å². The van der Waals surface area contributed by atoms with Crippen LogP contribution in [-0.4, -0.2) is 34.5 Å². The van der Waals surface area contributed by atoms with Gasteiger partial charge in [0, 0.05) is 30.9 Å². The summed E-state index contributed by atoms with van der Waals surface area (Å²) in [5.41, 5.74) is 2.87. The lowest BCUT2D eigenvalue weighted by Gasteiger charge is -2.16. The number of nitrogens with zero attached hydrogens (tertiary/aromatic N) is 3. The molecule has 0 spiro atoms. The van der Waals surface area contributed by atoms with E-state index in [-0.39, 0.29) is 5.91 Å². The number of anilines is 2. The number of aromatic nitrogens is 2. The van der Waals surface area contributed by atoms with E-state index in [2.05, 4.69) is 15.3 Å². The van der Waals surface area contributed by atoms with Crippen molar-refractivity contribution in [3.8, 4) is 0 Å². The molecule has 1 aliphatic rings. The van der Waals surface area contributed by atoms with Crippen LogP contribution in [0.1, 0.15) is 24.1 Å². The zero-order chi connectivity index (χ0) is 17.8. The van der Waals surface area contributed by atoms with Gasteiger partial charge in [0.05, 0.1) is 11.4 Å². The van der Waals surface area contributed by atoms with Crippen LogP contribution < -0.4 is 10.2 Å². The fourth-order valence-corrected chi connectivity index (χ4v) is 4.05. The van der Waals surface area contributed by atoms with Gasteiger partial charge in [-0.2, -0.15) is 5.10 Å². The number of carbonyl (C=O) groups excluding carboxylic acids is 1. The van der Waals surface area contributed by atoms with Crippen molar-refractivity contribution < 1.29 is 4.79 Å². The molecule has 1 amide bonds. The number of rotatable bonds is 6. The first-order valence-electron chi connectivity index (χ1n) is 8.46. The number of amides is 1. The maximum Gasteiger partial charge on any atom is 0.234 e. The number of hydrogen-bond donors (Lipinski definition) is 1. The van der Waals surface area contributed by atoms with Gasteiger partial charge in [0.25, 0.3) is 0 Å². The molecule has 1 aliphatic heterocycles. The van der Waals surface area contributed by atoms with Gasteiger partial charge in [-0.1, -0.05) is 29.8 Å². The Hall–Kier alpha value is -1.66. The highest BCUT2D eigenvalue weighted by Crippen LogP contribution is 2.30. The van der Waals surface area contributed by atoms with E-state index in [0.29, 0.717) is 5.75 Å². The average Bonchev–Trinajstić information content (AvgIpc) is 3.21. The highest BCUT2D eigenvalue weighted by atomic mass is 35.5. The van der Waals surface area contributed by atoms with Gasteiger partial charge < -0.3 is 10.2 Å². The van der Waals surface area contributed by atoms with E-state index in [1.807, 2.05) is 42.9 Å². The second kappa shape index (κ2) is 8.15. The lowest BCUT2D eigenvalue weighted by atomic mass is 10.2. The zero-order valence-corrected chi connectivity index (χ0v) is 16.2. The summed E-state index contributed by atoms with van der Waals surface area (Å²) >= 11 is 7.72. The Morgan fingerprint density at radius 1 is 1.32 bits per heavy atom. The van der Waals surface area contributed by atoms with Gasteiger partial charge in [0.1, 0.15) is 5.69 Å². The summed E-state index contributed by atoms with van der Waals surface area (Å²) in [5, 5.41) is 8.39. The molecule has 0 unspecified atom stereocenters. The van der Waals surface area contributed by atoms with Gasteiger partial charge in [-0.25, -0.2) is 0 Å². The van der Waals surface area contributed by atoms with Crippen molar-refractivity contribution in [2.24, 2.45) is 7.05 Å². The highest BCUT2D eigenvalue weighted by molar-refractivity contribution is 7.99. The van der Waals surface area contributed by atoms with Crippen LogP contribution in [-0.2, 0) is 17.6 Å². The Labute approximate surface area is 157 Å². The monoisotopic (exact) mass is 378 g/mol. The number of nitrogens with one attached hydrogen (secondary N) is 1. The van der Waals surface area contributed by atoms with Crippen LogP contribution in [0.2, 0.25) is 5.02 Å². The van der Waals surface area contributed by atoms with Gasteiger partial charge in [-0.3, -0.25) is 9.48 Å². The van der Waals surface area contributed by atoms with Crippen molar-refractivity contribution in [2.75, 3.05) is 29.1 Å². The fraction of sp³-hybridized carbons (Fsp3) is 0.444. The van der Waals surface area contributed by atoms with E-state index in [1.165, 1.54) is 12.8 Å². The molecule has 3 rings (SSSR count). The van der Waals surface area contributed by atoms with E-state index < -0.39 is 0 Å². The van der Waals surface area contributed by atoms with Gasteiger partial charge in [-0.05, 0) is 31.4 Å². The predicted molar refractivity (Wildman–Crippen MR) is 106 cm³/mol. The molecule has 5 nitrogen and oxygen atoms in total. The van der Waals surface area contributed by atoms with Crippen LogP contribution in [0, 0.1) is 6.92 Å². The molecule has 0 bridgehead atoms. The molecular weight excluding hydrogens is 356 g/mol. The number of carbonyl (C=O) groups is 1. The van der Waals surface area contributed by atoms with E-state index in [0.717, 1.165) is 46.6 Å². The third-order valence-corrected chi connectivity index (χ3v) is 5.78. The van der Waals surface area contributed by atoms with E-state index in [1.54, 1.807) is 11.8 Å². The molecule has 7 heteroatoms. The molecule has 1 aromatic carbocycles. The Morgan fingerprint density at radius 2 is 2.04 bits per heavy atom. The molecule has 1 saturated heterocycles. The zero-order valence-electron chi connectivity index (χ0n) is 14.6.